The summed E-state index contributed by atoms with van der Waals surface area (Å²) in [5, 5.41) is 0. The summed E-state index contributed by atoms with van der Waals surface area (Å²) in [6.45, 7) is 0. The fraction of sp³-hybridized carbons (Fsp3) is 0.154. The molecule has 2 rings (SSSR count). The van der Waals surface area contributed by atoms with Crippen LogP contribution in [-0.2, 0) is 6.18 Å². The van der Waals surface area contributed by atoms with Gasteiger partial charge < -0.3 is 4.74 Å². The number of aromatic nitrogens is 1. The summed E-state index contributed by atoms with van der Waals surface area (Å²) >= 11 is 0. The number of nitrogens with zero attached hydrogens (tertiary/aromatic N) is 1. The number of halogens is 3. The zero-order chi connectivity index (χ0) is 14.0. The Hall–Kier alpha value is -2.24. The summed E-state index contributed by atoms with van der Waals surface area (Å²) in [5.74, 6) is 0.460. The molecule has 0 saturated heterocycles. The lowest BCUT2D eigenvalue weighted by atomic mass is 10.2. The minimum absolute atomic E-state index is 0.315. The summed E-state index contributed by atoms with van der Waals surface area (Å²) in [6, 6.07) is 7.91. The van der Waals surface area contributed by atoms with Crippen LogP contribution in [0.25, 0.3) is 5.69 Å². The maximum absolute atomic E-state index is 12.6. The molecule has 1 aromatic carbocycles. The molecule has 0 aliphatic carbocycles. The predicted molar refractivity (Wildman–Crippen MR) is 63.6 cm³/mol. The second kappa shape index (κ2) is 4.79. The number of benzene rings is 1. The van der Waals surface area contributed by atoms with Crippen LogP contribution in [0.4, 0.5) is 13.2 Å². The lowest BCUT2D eigenvalue weighted by Gasteiger charge is -2.11. The van der Waals surface area contributed by atoms with Crippen LogP contribution < -0.4 is 10.3 Å². The van der Waals surface area contributed by atoms with E-state index in [0.717, 1.165) is 22.9 Å². The molecule has 0 saturated carbocycles. The van der Waals surface area contributed by atoms with E-state index in [4.69, 9.17) is 4.74 Å². The van der Waals surface area contributed by atoms with Gasteiger partial charge in [0.25, 0.3) is 5.56 Å². The van der Waals surface area contributed by atoms with Gasteiger partial charge in [0.2, 0.25) is 0 Å². The molecule has 3 nitrogen and oxygen atoms in total. The predicted octanol–water partition coefficient (Wildman–Crippen LogP) is 2.86. The maximum atomic E-state index is 12.6. The monoisotopic (exact) mass is 269 g/mol. The molecule has 0 atom stereocenters. The fourth-order valence-corrected chi connectivity index (χ4v) is 1.62. The van der Waals surface area contributed by atoms with Gasteiger partial charge in [-0.3, -0.25) is 9.36 Å². The molecule has 0 fully saturated rings. The van der Waals surface area contributed by atoms with E-state index in [9.17, 15) is 18.0 Å². The molecule has 0 amide bonds. The van der Waals surface area contributed by atoms with Gasteiger partial charge in [-0.2, -0.15) is 13.2 Å². The Bertz CT molecular complexity index is 647. The molecule has 0 radical (unpaired) electrons. The largest absolute Gasteiger partial charge is 0.497 e. The van der Waals surface area contributed by atoms with E-state index in [1.807, 2.05) is 0 Å². The Morgan fingerprint density at radius 1 is 1.16 bits per heavy atom. The Kier molecular flexibility index (Phi) is 3.33. The van der Waals surface area contributed by atoms with E-state index < -0.39 is 17.3 Å². The van der Waals surface area contributed by atoms with Crippen molar-refractivity contribution in [2.75, 3.05) is 7.11 Å². The summed E-state index contributed by atoms with van der Waals surface area (Å²) < 4.78 is 43.8. The standard InChI is InChI=1S/C13H10F3NO2/c1-19-11-4-2-3-10(7-11)17-8-9(13(14,15)16)5-6-12(17)18/h2-8H,1H3. The molecule has 0 unspecified atom stereocenters. The van der Waals surface area contributed by atoms with Crippen molar-refractivity contribution in [3.63, 3.8) is 0 Å². The van der Waals surface area contributed by atoms with Crippen LogP contribution in [0.1, 0.15) is 5.56 Å². The minimum atomic E-state index is -4.49. The highest BCUT2D eigenvalue weighted by atomic mass is 19.4. The van der Waals surface area contributed by atoms with E-state index in [0.29, 0.717) is 11.4 Å². The van der Waals surface area contributed by atoms with Crippen LogP contribution in [0.15, 0.2) is 47.4 Å². The van der Waals surface area contributed by atoms with Crippen molar-refractivity contribution in [1.29, 1.82) is 0 Å². The average Bonchev–Trinajstić information content (AvgIpc) is 2.38. The first-order valence-electron chi connectivity index (χ1n) is 5.36. The van der Waals surface area contributed by atoms with Gasteiger partial charge in [0.1, 0.15) is 5.75 Å². The van der Waals surface area contributed by atoms with Gasteiger partial charge in [-0.25, -0.2) is 0 Å². The minimum Gasteiger partial charge on any atom is -0.497 e. The highest BCUT2D eigenvalue weighted by Crippen LogP contribution is 2.28. The summed E-state index contributed by atoms with van der Waals surface area (Å²) in [4.78, 5) is 11.7. The topological polar surface area (TPSA) is 31.2 Å². The van der Waals surface area contributed by atoms with Crippen LogP contribution in [-0.4, -0.2) is 11.7 Å². The molecule has 0 N–H and O–H groups in total. The van der Waals surface area contributed by atoms with Gasteiger partial charge in [-0.05, 0) is 18.2 Å². The summed E-state index contributed by atoms with van der Waals surface area (Å²) in [5.41, 5.74) is -1.10. The van der Waals surface area contributed by atoms with Crippen molar-refractivity contribution in [3.05, 3.63) is 58.5 Å². The first-order chi connectivity index (χ1) is 8.91. The number of ether oxygens (including phenoxy) is 1. The van der Waals surface area contributed by atoms with Gasteiger partial charge >= 0.3 is 6.18 Å². The smallest absolute Gasteiger partial charge is 0.417 e. The van der Waals surface area contributed by atoms with E-state index in [1.165, 1.54) is 19.2 Å². The Balaban J connectivity index is 2.58. The van der Waals surface area contributed by atoms with Crippen LogP contribution in [0, 0.1) is 0 Å². The Labute approximate surface area is 106 Å². The van der Waals surface area contributed by atoms with Crippen LogP contribution in [0.2, 0.25) is 0 Å². The number of hydrogen-bond donors (Lipinski definition) is 0. The first-order valence-corrected chi connectivity index (χ1v) is 5.36. The van der Waals surface area contributed by atoms with Gasteiger partial charge in [-0.1, -0.05) is 6.07 Å². The van der Waals surface area contributed by atoms with Gasteiger partial charge in [0.05, 0.1) is 18.4 Å². The highest BCUT2D eigenvalue weighted by Gasteiger charge is 2.31. The van der Waals surface area contributed by atoms with Crippen molar-refractivity contribution in [2.45, 2.75) is 6.18 Å². The number of pyridine rings is 1. The molecule has 2 aromatic rings. The Morgan fingerprint density at radius 2 is 1.89 bits per heavy atom. The molecule has 19 heavy (non-hydrogen) atoms. The third-order valence-corrected chi connectivity index (χ3v) is 2.57. The summed E-state index contributed by atoms with van der Waals surface area (Å²) in [7, 11) is 1.44. The quantitative estimate of drug-likeness (QED) is 0.839. The average molecular weight is 269 g/mol. The molecule has 1 aromatic heterocycles. The van der Waals surface area contributed by atoms with Crippen LogP contribution in [0.5, 0.6) is 5.75 Å². The van der Waals surface area contributed by atoms with Gasteiger partial charge in [0, 0.05) is 18.3 Å². The molecule has 0 aliphatic rings. The van der Waals surface area contributed by atoms with Crippen molar-refractivity contribution in [3.8, 4) is 11.4 Å². The number of methoxy groups -OCH3 is 1. The lowest BCUT2D eigenvalue weighted by Crippen LogP contribution is -2.19. The third kappa shape index (κ3) is 2.78. The molecule has 0 spiro atoms. The number of alkyl halides is 3. The maximum Gasteiger partial charge on any atom is 0.417 e. The molecule has 6 heteroatoms. The normalized spacial score (nSPS) is 11.4. The fourth-order valence-electron chi connectivity index (χ4n) is 1.62. The molecular weight excluding hydrogens is 259 g/mol. The van der Waals surface area contributed by atoms with E-state index in [1.54, 1.807) is 12.1 Å². The summed E-state index contributed by atoms with van der Waals surface area (Å²) in [6.07, 6.45) is -3.72. The van der Waals surface area contributed by atoms with Crippen LogP contribution in [0.3, 0.4) is 0 Å². The third-order valence-electron chi connectivity index (χ3n) is 2.57. The Morgan fingerprint density at radius 3 is 2.53 bits per heavy atom. The zero-order valence-electron chi connectivity index (χ0n) is 9.94. The number of hydrogen-bond acceptors (Lipinski definition) is 2. The van der Waals surface area contributed by atoms with Crippen molar-refractivity contribution in [1.82, 2.24) is 4.57 Å². The molecule has 100 valence electrons. The van der Waals surface area contributed by atoms with E-state index in [-0.39, 0.29) is 0 Å². The first kappa shape index (κ1) is 13.2. The van der Waals surface area contributed by atoms with Gasteiger partial charge in [0.15, 0.2) is 0 Å². The second-order valence-corrected chi connectivity index (χ2v) is 3.83. The lowest BCUT2D eigenvalue weighted by molar-refractivity contribution is -0.138. The van der Waals surface area contributed by atoms with Crippen molar-refractivity contribution >= 4 is 0 Å². The SMILES string of the molecule is COc1cccc(-n2cc(C(F)(F)F)ccc2=O)c1. The second-order valence-electron chi connectivity index (χ2n) is 3.83. The van der Waals surface area contributed by atoms with Crippen LogP contribution >= 0.6 is 0 Å². The molecule has 1 heterocycles. The van der Waals surface area contributed by atoms with Crippen molar-refractivity contribution < 1.29 is 17.9 Å². The molecule has 0 aliphatic heterocycles. The highest BCUT2D eigenvalue weighted by molar-refractivity contribution is 5.40. The zero-order valence-corrected chi connectivity index (χ0v) is 9.94. The molecule has 0 bridgehead atoms. The van der Waals surface area contributed by atoms with E-state index in [2.05, 4.69) is 0 Å². The van der Waals surface area contributed by atoms with Gasteiger partial charge in [-0.15, -0.1) is 0 Å². The van der Waals surface area contributed by atoms with Crippen molar-refractivity contribution in [2.24, 2.45) is 0 Å². The number of rotatable bonds is 2. The van der Waals surface area contributed by atoms with E-state index >= 15 is 0 Å². The molecular formula is C13H10F3NO2.